The number of nitrogens with zero attached hydrogens (tertiary/aromatic N) is 1. The molecule has 0 saturated carbocycles. The summed E-state index contributed by atoms with van der Waals surface area (Å²) in [6, 6.07) is 38.5. The Morgan fingerprint density at radius 1 is 0.535 bits per heavy atom. The van der Waals surface area contributed by atoms with Crippen molar-refractivity contribution in [1.29, 1.82) is 0 Å². The predicted octanol–water partition coefficient (Wildman–Crippen LogP) is 6.91. The highest BCUT2D eigenvalue weighted by Gasteiger charge is 2.29. The highest BCUT2D eigenvalue weighted by Crippen LogP contribution is 2.21. The maximum Gasteiger partial charge on any atom is 0.212 e. The van der Waals surface area contributed by atoms with Crippen LogP contribution in [0.2, 0.25) is 6.32 Å². The van der Waals surface area contributed by atoms with Crippen LogP contribution in [-0.4, -0.2) is 27.5 Å². The molecule has 1 heterocycles. The van der Waals surface area contributed by atoms with Crippen molar-refractivity contribution in [3.63, 3.8) is 0 Å². The SMILES string of the molecule is CCCC[B-](c1ccc(OC)cc1)(c1ccc(OC)cc1)c1ccc(OC)cc1.CCCC[n+]1cccc2ccccc21. The minimum Gasteiger partial charge on any atom is -0.497 e. The molecule has 5 heteroatoms. The zero-order valence-electron chi connectivity index (χ0n) is 26.5. The Bertz CT molecular complexity index is 1410. The summed E-state index contributed by atoms with van der Waals surface area (Å²) < 4.78 is 18.6. The molecule has 224 valence electrons. The summed E-state index contributed by atoms with van der Waals surface area (Å²) in [5.41, 5.74) is 5.28. The molecule has 0 N–H and O–H groups in total. The third-order valence-electron chi connectivity index (χ3n) is 8.59. The van der Waals surface area contributed by atoms with Crippen molar-refractivity contribution in [3.8, 4) is 17.2 Å². The second-order valence-electron chi connectivity index (χ2n) is 11.1. The molecule has 0 aliphatic rings. The highest BCUT2D eigenvalue weighted by molar-refractivity contribution is 7.11. The largest absolute Gasteiger partial charge is 0.497 e. The van der Waals surface area contributed by atoms with Crippen molar-refractivity contribution in [1.82, 2.24) is 0 Å². The summed E-state index contributed by atoms with van der Waals surface area (Å²) in [7, 11) is 5.12. The smallest absolute Gasteiger partial charge is 0.212 e. The van der Waals surface area contributed by atoms with Gasteiger partial charge >= 0.3 is 0 Å². The fourth-order valence-electron chi connectivity index (χ4n) is 6.13. The molecule has 5 aromatic rings. The van der Waals surface area contributed by atoms with E-state index in [1.807, 2.05) is 0 Å². The fraction of sp³-hybridized carbons (Fsp3) is 0.289. The van der Waals surface area contributed by atoms with Gasteiger partial charge in [0.2, 0.25) is 5.52 Å². The van der Waals surface area contributed by atoms with E-state index in [1.165, 1.54) is 40.1 Å². The van der Waals surface area contributed by atoms with Gasteiger partial charge in [0, 0.05) is 23.9 Å². The van der Waals surface area contributed by atoms with Gasteiger partial charge in [0.25, 0.3) is 0 Å². The van der Waals surface area contributed by atoms with Crippen molar-refractivity contribution >= 4 is 33.4 Å². The van der Waals surface area contributed by atoms with Crippen LogP contribution in [0.3, 0.4) is 0 Å². The lowest BCUT2D eigenvalue weighted by atomic mass is 9.14. The topological polar surface area (TPSA) is 31.6 Å². The molecule has 0 aliphatic carbocycles. The summed E-state index contributed by atoms with van der Waals surface area (Å²) in [6.07, 6.45) is 6.88. The molecule has 0 saturated heterocycles. The number of hydrogen-bond donors (Lipinski definition) is 0. The number of aromatic nitrogens is 1. The molecular weight excluding hydrogens is 529 g/mol. The summed E-state index contributed by atoms with van der Waals surface area (Å²) in [6.45, 7) is 5.60. The average molecular weight is 576 g/mol. The summed E-state index contributed by atoms with van der Waals surface area (Å²) in [4.78, 5) is 0. The maximum atomic E-state index is 5.41. The van der Waals surface area contributed by atoms with Crippen molar-refractivity contribution in [3.05, 3.63) is 115 Å². The first-order chi connectivity index (χ1) is 21.1. The minimum atomic E-state index is -1.14. The first-order valence-corrected chi connectivity index (χ1v) is 15.6. The first-order valence-electron chi connectivity index (χ1n) is 15.6. The Balaban J connectivity index is 0.000000251. The number of methoxy groups -OCH3 is 3. The van der Waals surface area contributed by atoms with E-state index in [0.717, 1.165) is 43.0 Å². The minimum absolute atomic E-state index is 0.874. The third kappa shape index (κ3) is 7.59. The molecule has 0 amide bonds. The van der Waals surface area contributed by atoms with E-state index in [4.69, 9.17) is 14.2 Å². The molecule has 0 aliphatic heterocycles. The van der Waals surface area contributed by atoms with Crippen molar-refractivity contribution in [2.24, 2.45) is 0 Å². The molecule has 4 aromatic carbocycles. The van der Waals surface area contributed by atoms with Crippen LogP contribution in [0.5, 0.6) is 17.2 Å². The number of benzene rings is 4. The van der Waals surface area contributed by atoms with Crippen molar-refractivity contribution in [2.75, 3.05) is 21.3 Å². The van der Waals surface area contributed by atoms with Gasteiger partial charge in [-0.25, -0.2) is 0 Å². The molecule has 4 nitrogen and oxygen atoms in total. The van der Waals surface area contributed by atoms with E-state index < -0.39 is 6.15 Å². The van der Waals surface area contributed by atoms with Gasteiger partial charge in [-0.05, 0) is 48.5 Å². The third-order valence-corrected chi connectivity index (χ3v) is 8.59. The number of hydrogen-bond acceptors (Lipinski definition) is 3. The number of ether oxygens (including phenoxy) is 3. The summed E-state index contributed by atoms with van der Waals surface area (Å²) in [5.74, 6) is 2.62. The molecule has 0 atom stereocenters. The van der Waals surface area contributed by atoms with E-state index in [-0.39, 0.29) is 0 Å². The van der Waals surface area contributed by atoms with Gasteiger partial charge in [-0.1, -0.05) is 81.6 Å². The van der Waals surface area contributed by atoms with Crippen LogP contribution in [0, 0.1) is 0 Å². The van der Waals surface area contributed by atoms with E-state index >= 15 is 0 Å². The molecular formula is C38H46BNO3. The number of pyridine rings is 1. The van der Waals surface area contributed by atoms with Crippen molar-refractivity contribution < 1.29 is 18.8 Å². The summed E-state index contributed by atoms with van der Waals surface area (Å²) in [5, 5.41) is 1.33. The average Bonchev–Trinajstić information content (AvgIpc) is 3.08. The second kappa shape index (κ2) is 15.8. The van der Waals surface area contributed by atoms with E-state index in [2.05, 4.69) is 134 Å². The Kier molecular flexibility index (Phi) is 11.7. The van der Waals surface area contributed by atoms with E-state index in [1.54, 1.807) is 21.3 Å². The number of fused-ring (bicyclic) bond motifs is 1. The molecule has 0 unspecified atom stereocenters. The van der Waals surface area contributed by atoms with Gasteiger partial charge in [0.1, 0.15) is 23.8 Å². The Hall–Kier alpha value is -4.25. The van der Waals surface area contributed by atoms with Crippen LogP contribution >= 0.6 is 0 Å². The Morgan fingerprint density at radius 2 is 0.977 bits per heavy atom. The molecule has 0 spiro atoms. The van der Waals surface area contributed by atoms with Crippen LogP contribution in [-0.2, 0) is 6.54 Å². The predicted molar refractivity (Wildman–Crippen MR) is 182 cm³/mol. The Labute approximate surface area is 258 Å². The van der Waals surface area contributed by atoms with Gasteiger partial charge < -0.3 is 14.2 Å². The standard InChI is InChI=1S/C25H30BO3.C13H16N/c1-5-6-19-26(20-7-13-23(27-2)14-8-20,21-9-15-24(28-3)16-10-21)22-11-17-25(29-4)18-12-22;1-2-3-10-14-11-6-8-12-7-4-5-9-13(12)14/h7-18H,5-6,19H2,1-4H3;4-9,11H,2-3,10H2,1H3/q-1;+1. The quantitative estimate of drug-likeness (QED) is 0.120. The van der Waals surface area contributed by atoms with Gasteiger partial charge in [-0.3, -0.25) is 0 Å². The van der Waals surface area contributed by atoms with Gasteiger partial charge in [-0.2, -0.15) is 27.3 Å². The second-order valence-corrected chi connectivity index (χ2v) is 11.1. The molecule has 0 fully saturated rings. The molecule has 5 rings (SSSR count). The number of unbranched alkanes of at least 4 members (excludes halogenated alkanes) is 2. The lowest BCUT2D eigenvalue weighted by Crippen LogP contribution is -2.66. The number of aryl methyl sites for hydroxylation is 1. The van der Waals surface area contributed by atoms with Gasteiger partial charge in [-0.15, -0.1) is 0 Å². The molecule has 1 aromatic heterocycles. The van der Waals surface area contributed by atoms with Gasteiger partial charge in [0.05, 0.1) is 27.5 Å². The zero-order chi connectivity index (χ0) is 30.5. The van der Waals surface area contributed by atoms with E-state index in [9.17, 15) is 0 Å². The van der Waals surface area contributed by atoms with Crippen LogP contribution in [0.15, 0.2) is 115 Å². The van der Waals surface area contributed by atoms with Crippen molar-refractivity contribution in [2.45, 2.75) is 52.4 Å². The zero-order valence-corrected chi connectivity index (χ0v) is 26.5. The highest BCUT2D eigenvalue weighted by atomic mass is 16.5. The number of para-hydroxylation sites is 1. The van der Waals surface area contributed by atoms with Crippen LogP contribution in [0.25, 0.3) is 10.9 Å². The van der Waals surface area contributed by atoms with E-state index in [0.29, 0.717) is 0 Å². The first kappa shape index (κ1) is 31.7. The normalized spacial score (nSPS) is 11.0. The lowest BCUT2D eigenvalue weighted by Gasteiger charge is -2.43. The molecule has 0 bridgehead atoms. The number of rotatable bonds is 12. The monoisotopic (exact) mass is 575 g/mol. The lowest BCUT2D eigenvalue weighted by molar-refractivity contribution is -0.671. The van der Waals surface area contributed by atoms with Crippen LogP contribution < -0.4 is 35.2 Å². The maximum absolute atomic E-state index is 5.41. The summed E-state index contributed by atoms with van der Waals surface area (Å²) >= 11 is 0. The Morgan fingerprint density at radius 3 is 1.42 bits per heavy atom. The van der Waals surface area contributed by atoms with Crippen LogP contribution in [0.4, 0.5) is 0 Å². The van der Waals surface area contributed by atoms with Crippen LogP contribution in [0.1, 0.15) is 39.5 Å². The molecule has 43 heavy (non-hydrogen) atoms. The molecule has 0 radical (unpaired) electrons. The fourth-order valence-corrected chi connectivity index (χ4v) is 6.13. The van der Waals surface area contributed by atoms with Gasteiger partial charge in [0.15, 0.2) is 6.20 Å².